The van der Waals surface area contributed by atoms with Gasteiger partial charge in [0.05, 0.1) is 6.04 Å². The lowest BCUT2D eigenvalue weighted by Crippen LogP contribution is -2.40. The molecule has 3 rings (SSSR count). The molecule has 1 aliphatic rings. The Morgan fingerprint density at radius 1 is 1.00 bits per heavy atom. The first-order valence-corrected chi connectivity index (χ1v) is 9.09. The van der Waals surface area contributed by atoms with Crippen LogP contribution in [0, 0.1) is 5.92 Å². The third-order valence-electron chi connectivity index (χ3n) is 4.92. The van der Waals surface area contributed by atoms with Gasteiger partial charge in [0.1, 0.15) is 6.61 Å². The van der Waals surface area contributed by atoms with Gasteiger partial charge in [-0.3, -0.25) is 4.79 Å². The van der Waals surface area contributed by atoms with E-state index in [2.05, 4.69) is 29.6 Å². The first-order valence-electron chi connectivity index (χ1n) is 9.09. The third kappa shape index (κ3) is 3.56. The second kappa shape index (κ2) is 7.83. The largest absolute Gasteiger partial charge is 0.459 e. The Morgan fingerprint density at radius 2 is 1.54 bits per heavy atom. The van der Waals surface area contributed by atoms with Crippen molar-refractivity contribution in [2.24, 2.45) is 5.92 Å². The minimum absolute atomic E-state index is 0.0303. The zero-order valence-corrected chi connectivity index (χ0v) is 15.5. The SMILES string of the molecule is CN[C@@H](CC(C)C)C(=O)C(=O)OCC1c2ccccc2-c2ccccc21. The van der Waals surface area contributed by atoms with Crippen molar-refractivity contribution >= 4 is 11.8 Å². The van der Waals surface area contributed by atoms with E-state index in [1.54, 1.807) is 7.05 Å². The summed E-state index contributed by atoms with van der Waals surface area (Å²) in [6, 6.07) is 15.8. The Morgan fingerprint density at radius 3 is 2.04 bits per heavy atom. The van der Waals surface area contributed by atoms with Gasteiger partial charge < -0.3 is 10.1 Å². The van der Waals surface area contributed by atoms with Crippen LogP contribution in [0.3, 0.4) is 0 Å². The van der Waals surface area contributed by atoms with E-state index < -0.39 is 17.8 Å². The fraction of sp³-hybridized carbons (Fsp3) is 0.364. The predicted molar refractivity (Wildman–Crippen MR) is 102 cm³/mol. The van der Waals surface area contributed by atoms with Crippen LogP contribution in [0.25, 0.3) is 11.1 Å². The van der Waals surface area contributed by atoms with Gasteiger partial charge in [0.2, 0.25) is 0 Å². The molecule has 2 aromatic carbocycles. The normalized spacial score (nSPS) is 14.0. The highest BCUT2D eigenvalue weighted by Gasteiger charge is 2.31. The lowest BCUT2D eigenvalue weighted by atomic mass is 9.98. The van der Waals surface area contributed by atoms with Crippen LogP contribution in [0.2, 0.25) is 0 Å². The van der Waals surface area contributed by atoms with E-state index in [4.69, 9.17) is 4.74 Å². The summed E-state index contributed by atoms with van der Waals surface area (Å²) >= 11 is 0. The minimum Gasteiger partial charge on any atom is -0.459 e. The Hall–Kier alpha value is -2.46. The van der Waals surface area contributed by atoms with Crippen molar-refractivity contribution in [3.8, 4) is 11.1 Å². The van der Waals surface area contributed by atoms with Gasteiger partial charge in [0.25, 0.3) is 5.78 Å². The first-order chi connectivity index (χ1) is 12.5. The summed E-state index contributed by atoms with van der Waals surface area (Å²) in [4.78, 5) is 24.7. The molecule has 0 amide bonds. The standard InChI is InChI=1S/C22H25NO3/c1-14(2)12-20(23-3)21(24)22(25)26-13-19-17-10-6-4-8-15(17)16-9-5-7-11-18(16)19/h4-11,14,19-20,23H,12-13H2,1-3H3/t20-/m0/s1. The molecule has 0 heterocycles. The molecule has 4 heteroatoms. The van der Waals surface area contributed by atoms with Crippen molar-refractivity contribution in [3.63, 3.8) is 0 Å². The maximum absolute atomic E-state index is 12.4. The van der Waals surface area contributed by atoms with Crippen molar-refractivity contribution in [3.05, 3.63) is 59.7 Å². The van der Waals surface area contributed by atoms with Crippen LogP contribution in [0.5, 0.6) is 0 Å². The molecular weight excluding hydrogens is 326 g/mol. The molecule has 2 aromatic rings. The van der Waals surface area contributed by atoms with Crippen LogP contribution in [0.15, 0.2) is 48.5 Å². The number of nitrogens with one attached hydrogen (secondary N) is 1. The average Bonchev–Trinajstić information content (AvgIpc) is 2.97. The molecule has 26 heavy (non-hydrogen) atoms. The number of benzene rings is 2. The fourth-order valence-electron chi connectivity index (χ4n) is 3.64. The molecule has 0 spiro atoms. The number of hydrogen-bond acceptors (Lipinski definition) is 4. The molecule has 1 N–H and O–H groups in total. The van der Waals surface area contributed by atoms with Crippen LogP contribution in [-0.2, 0) is 14.3 Å². The Balaban J connectivity index is 1.74. The highest BCUT2D eigenvalue weighted by molar-refractivity contribution is 6.35. The summed E-state index contributed by atoms with van der Waals surface area (Å²) in [5.41, 5.74) is 4.62. The van der Waals surface area contributed by atoms with Gasteiger partial charge >= 0.3 is 5.97 Å². The summed E-state index contributed by atoms with van der Waals surface area (Å²) in [5, 5.41) is 2.92. The van der Waals surface area contributed by atoms with Crippen molar-refractivity contribution in [2.45, 2.75) is 32.2 Å². The molecule has 0 aromatic heterocycles. The Labute approximate surface area is 154 Å². The summed E-state index contributed by atoms with van der Waals surface area (Å²) in [7, 11) is 1.70. The number of rotatable bonds is 7. The number of hydrogen-bond donors (Lipinski definition) is 1. The molecule has 1 aliphatic carbocycles. The fourth-order valence-corrected chi connectivity index (χ4v) is 3.64. The molecule has 4 nitrogen and oxygen atoms in total. The summed E-state index contributed by atoms with van der Waals surface area (Å²) < 4.78 is 5.44. The number of carbonyl (C=O) groups is 2. The second-order valence-electron chi connectivity index (χ2n) is 7.16. The van der Waals surface area contributed by atoms with Crippen molar-refractivity contribution in [2.75, 3.05) is 13.7 Å². The van der Waals surface area contributed by atoms with Crippen molar-refractivity contribution in [1.82, 2.24) is 5.32 Å². The van der Waals surface area contributed by atoms with Crippen LogP contribution in [0.1, 0.15) is 37.3 Å². The zero-order valence-electron chi connectivity index (χ0n) is 15.5. The van der Waals surface area contributed by atoms with E-state index in [0.29, 0.717) is 12.3 Å². The van der Waals surface area contributed by atoms with Gasteiger partial charge in [-0.05, 0) is 41.6 Å². The Kier molecular flexibility index (Phi) is 5.52. The molecule has 1 atom stereocenters. The van der Waals surface area contributed by atoms with Crippen LogP contribution in [0.4, 0.5) is 0 Å². The first kappa shape index (κ1) is 18.3. The summed E-state index contributed by atoms with van der Waals surface area (Å²) in [6.45, 7) is 4.22. The Bertz CT molecular complexity index is 767. The number of fused-ring (bicyclic) bond motifs is 3. The number of ketones is 1. The van der Waals surface area contributed by atoms with E-state index in [1.165, 1.54) is 11.1 Å². The number of esters is 1. The summed E-state index contributed by atoms with van der Waals surface area (Å²) in [6.07, 6.45) is 0.611. The van der Waals surface area contributed by atoms with E-state index >= 15 is 0 Å². The van der Waals surface area contributed by atoms with Gasteiger partial charge in [0.15, 0.2) is 0 Å². The predicted octanol–water partition coefficient (Wildman–Crippen LogP) is 3.55. The van der Waals surface area contributed by atoms with Crippen molar-refractivity contribution in [1.29, 1.82) is 0 Å². The minimum atomic E-state index is -0.758. The highest BCUT2D eigenvalue weighted by atomic mass is 16.5. The van der Waals surface area contributed by atoms with Crippen LogP contribution in [-0.4, -0.2) is 31.4 Å². The molecular formula is C22H25NO3. The molecule has 0 unspecified atom stereocenters. The van der Waals surface area contributed by atoms with Gasteiger partial charge in [-0.2, -0.15) is 0 Å². The summed E-state index contributed by atoms with van der Waals surface area (Å²) in [5.74, 6) is -0.970. The second-order valence-corrected chi connectivity index (χ2v) is 7.16. The molecule has 0 aliphatic heterocycles. The topological polar surface area (TPSA) is 55.4 Å². The van der Waals surface area contributed by atoms with E-state index in [9.17, 15) is 9.59 Å². The zero-order chi connectivity index (χ0) is 18.7. The smallest absolute Gasteiger partial charge is 0.376 e. The number of carbonyl (C=O) groups excluding carboxylic acids is 2. The molecule has 0 saturated heterocycles. The molecule has 0 fully saturated rings. The number of likely N-dealkylation sites (N-methyl/N-ethyl adjacent to an activating group) is 1. The number of Topliss-reactive ketones (excluding diaryl/α,β-unsaturated/α-hetero) is 1. The van der Waals surface area contributed by atoms with Crippen LogP contribution >= 0.6 is 0 Å². The van der Waals surface area contributed by atoms with Gasteiger partial charge in [0, 0.05) is 5.92 Å². The molecule has 0 saturated carbocycles. The monoisotopic (exact) mass is 351 g/mol. The average molecular weight is 351 g/mol. The third-order valence-corrected chi connectivity index (χ3v) is 4.92. The quantitative estimate of drug-likeness (QED) is 0.612. The van der Waals surface area contributed by atoms with Crippen molar-refractivity contribution < 1.29 is 14.3 Å². The number of ether oxygens (including phenoxy) is 1. The lowest BCUT2D eigenvalue weighted by molar-refractivity contribution is -0.155. The van der Waals surface area contributed by atoms with Gasteiger partial charge in [-0.1, -0.05) is 62.4 Å². The highest BCUT2D eigenvalue weighted by Crippen LogP contribution is 2.44. The molecule has 0 radical (unpaired) electrons. The maximum atomic E-state index is 12.4. The van der Waals surface area contributed by atoms with E-state index in [0.717, 1.165) is 11.1 Å². The molecule has 0 bridgehead atoms. The van der Waals surface area contributed by atoms with Gasteiger partial charge in [-0.15, -0.1) is 0 Å². The lowest BCUT2D eigenvalue weighted by Gasteiger charge is -2.18. The van der Waals surface area contributed by atoms with Gasteiger partial charge in [-0.25, -0.2) is 4.79 Å². The molecule has 136 valence electrons. The maximum Gasteiger partial charge on any atom is 0.376 e. The van der Waals surface area contributed by atoms with Crippen LogP contribution < -0.4 is 5.32 Å². The van der Waals surface area contributed by atoms with E-state index in [1.807, 2.05) is 38.1 Å². The van der Waals surface area contributed by atoms with E-state index in [-0.39, 0.29) is 12.5 Å².